The molecule has 118 valence electrons. The molecule has 2 aromatic rings. The smallest absolute Gasteiger partial charge is 0.211 e. The average molecular weight is 347 g/mol. The Balaban J connectivity index is 2.43. The van der Waals surface area contributed by atoms with Crippen molar-refractivity contribution in [2.24, 2.45) is 21.7 Å². The molecule has 0 heterocycles. The number of guanidine groups is 1. The van der Waals surface area contributed by atoms with Crippen molar-refractivity contribution in [3.05, 3.63) is 75.8 Å². The molecule has 0 saturated carbocycles. The second-order valence-corrected chi connectivity index (χ2v) is 5.72. The van der Waals surface area contributed by atoms with Gasteiger partial charge in [0.2, 0.25) is 5.96 Å². The Labute approximate surface area is 145 Å². The van der Waals surface area contributed by atoms with Crippen molar-refractivity contribution in [3.63, 3.8) is 0 Å². The fourth-order valence-corrected chi connectivity index (χ4v) is 2.16. The van der Waals surface area contributed by atoms with Gasteiger partial charge in [0.1, 0.15) is 0 Å². The molecule has 0 atom stereocenters. The standard InChI is InChI=1S/C17H16Cl2N4/c1-11(12-2-6-14(18)7-3-12)10-16(22-23-17(20)21)13-4-8-15(19)9-5-13/h2-10H,1H3,(H4,20,21,23)/b11-10+,22-16-. The highest BCUT2D eigenvalue weighted by molar-refractivity contribution is 6.31. The number of hydrogen-bond acceptors (Lipinski definition) is 2. The lowest BCUT2D eigenvalue weighted by molar-refractivity contribution is 1.20. The van der Waals surface area contributed by atoms with E-state index in [-0.39, 0.29) is 5.96 Å². The molecule has 0 fully saturated rings. The average Bonchev–Trinajstić information content (AvgIpc) is 2.52. The van der Waals surface area contributed by atoms with Crippen LogP contribution in [-0.4, -0.2) is 11.7 Å². The fraction of sp³-hybridized carbons (Fsp3) is 0.0588. The third-order valence-corrected chi connectivity index (χ3v) is 3.57. The molecule has 0 amide bonds. The quantitative estimate of drug-likeness (QED) is 0.497. The van der Waals surface area contributed by atoms with Gasteiger partial charge in [0.15, 0.2) is 0 Å². The molecule has 0 aliphatic rings. The van der Waals surface area contributed by atoms with Crippen molar-refractivity contribution < 1.29 is 0 Å². The number of hydrogen-bond donors (Lipinski definition) is 2. The molecule has 0 spiro atoms. The van der Waals surface area contributed by atoms with E-state index in [1.54, 1.807) is 12.1 Å². The fourth-order valence-electron chi connectivity index (χ4n) is 1.90. The maximum Gasteiger partial charge on any atom is 0.211 e. The van der Waals surface area contributed by atoms with E-state index in [9.17, 15) is 0 Å². The summed E-state index contributed by atoms with van der Waals surface area (Å²) >= 11 is 11.8. The third-order valence-electron chi connectivity index (χ3n) is 3.07. The largest absolute Gasteiger partial charge is 0.369 e. The van der Waals surface area contributed by atoms with Crippen LogP contribution in [0.2, 0.25) is 10.0 Å². The van der Waals surface area contributed by atoms with E-state index in [0.29, 0.717) is 15.8 Å². The Morgan fingerprint density at radius 3 is 1.78 bits per heavy atom. The Morgan fingerprint density at radius 2 is 1.30 bits per heavy atom. The van der Waals surface area contributed by atoms with Gasteiger partial charge in [0.25, 0.3) is 0 Å². The monoisotopic (exact) mass is 346 g/mol. The highest BCUT2D eigenvalue weighted by atomic mass is 35.5. The molecule has 0 aliphatic carbocycles. The zero-order chi connectivity index (χ0) is 16.8. The van der Waals surface area contributed by atoms with Gasteiger partial charge in [0.05, 0.1) is 5.71 Å². The molecule has 6 heteroatoms. The number of nitrogens with two attached hydrogens (primary N) is 2. The first-order valence-electron chi connectivity index (χ1n) is 6.82. The van der Waals surface area contributed by atoms with Crippen LogP contribution < -0.4 is 11.5 Å². The van der Waals surface area contributed by atoms with E-state index in [1.165, 1.54) is 0 Å². The summed E-state index contributed by atoms with van der Waals surface area (Å²) in [6, 6.07) is 14.8. The zero-order valence-electron chi connectivity index (χ0n) is 12.5. The number of halogens is 2. The Kier molecular flexibility index (Phi) is 5.79. The highest BCUT2D eigenvalue weighted by Crippen LogP contribution is 2.19. The van der Waals surface area contributed by atoms with Crippen molar-refractivity contribution in [1.82, 2.24) is 0 Å². The van der Waals surface area contributed by atoms with Crippen LogP contribution in [0.15, 0.2) is 64.8 Å². The Hall–Kier alpha value is -2.30. The predicted octanol–water partition coefficient (Wildman–Crippen LogP) is 4.07. The lowest BCUT2D eigenvalue weighted by Gasteiger charge is -2.05. The van der Waals surface area contributed by atoms with Crippen molar-refractivity contribution in [2.45, 2.75) is 6.92 Å². The Bertz CT molecular complexity index is 756. The number of rotatable bonds is 4. The van der Waals surface area contributed by atoms with Crippen molar-refractivity contribution in [3.8, 4) is 0 Å². The van der Waals surface area contributed by atoms with Crippen LogP contribution in [0.5, 0.6) is 0 Å². The molecule has 0 aromatic heterocycles. The second-order valence-electron chi connectivity index (χ2n) is 4.85. The van der Waals surface area contributed by atoms with Gasteiger partial charge in [-0.3, -0.25) is 0 Å². The van der Waals surface area contributed by atoms with E-state index in [1.807, 2.05) is 49.4 Å². The first kappa shape index (κ1) is 17.1. The number of nitrogens with zero attached hydrogens (tertiary/aromatic N) is 2. The normalized spacial score (nSPS) is 12.1. The minimum atomic E-state index is -0.103. The van der Waals surface area contributed by atoms with Crippen LogP contribution >= 0.6 is 23.2 Å². The van der Waals surface area contributed by atoms with Gasteiger partial charge in [-0.15, -0.1) is 10.2 Å². The van der Waals surface area contributed by atoms with Crippen LogP contribution in [0, 0.1) is 0 Å². The lowest BCUT2D eigenvalue weighted by Crippen LogP contribution is -2.22. The van der Waals surface area contributed by atoms with Gasteiger partial charge < -0.3 is 11.5 Å². The minimum Gasteiger partial charge on any atom is -0.369 e. The number of allylic oxidation sites excluding steroid dienone is 2. The van der Waals surface area contributed by atoms with E-state index >= 15 is 0 Å². The molecule has 0 saturated heterocycles. The summed E-state index contributed by atoms with van der Waals surface area (Å²) in [6.07, 6.45) is 1.90. The zero-order valence-corrected chi connectivity index (χ0v) is 14.0. The van der Waals surface area contributed by atoms with Crippen molar-refractivity contribution in [2.75, 3.05) is 0 Å². The summed E-state index contributed by atoms with van der Waals surface area (Å²) in [7, 11) is 0. The molecule has 2 aromatic carbocycles. The van der Waals surface area contributed by atoms with Gasteiger partial charge in [-0.2, -0.15) is 0 Å². The van der Waals surface area contributed by atoms with Gasteiger partial charge in [-0.1, -0.05) is 47.5 Å². The molecule has 0 bridgehead atoms. The molecule has 23 heavy (non-hydrogen) atoms. The summed E-state index contributed by atoms with van der Waals surface area (Å²) in [6.45, 7) is 1.98. The van der Waals surface area contributed by atoms with E-state index < -0.39 is 0 Å². The van der Waals surface area contributed by atoms with Gasteiger partial charge in [0, 0.05) is 15.6 Å². The topological polar surface area (TPSA) is 76.8 Å². The second kappa shape index (κ2) is 7.81. The Morgan fingerprint density at radius 1 is 0.826 bits per heavy atom. The first-order valence-corrected chi connectivity index (χ1v) is 7.58. The van der Waals surface area contributed by atoms with Gasteiger partial charge in [-0.25, -0.2) is 0 Å². The third kappa shape index (κ3) is 5.13. The molecule has 0 aliphatic heterocycles. The van der Waals surface area contributed by atoms with Crippen LogP contribution in [-0.2, 0) is 0 Å². The molecular weight excluding hydrogens is 331 g/mol. The van der Waals surface area contributed by atoms with E-state index in [4.69, 9.17) is 34.7 Å². The van der Waals surface area contributed by atoms with Crippen LogP contribution in [0.25, 0.3) is 5.57 Å². The first-order chi connectivity index (χ1) is 11.0. The SMILES string of the molecule is C/C(=C\C(=N\N=C(N)N)c1ccc(Cl)cc1)c1ccc(Cl)cc1. The minimum absolute atomic E-state index is 0.103. The maximum atomic E-state index is 5.92. The summed E-state index contributed by atoms with van der Waals surface area (Å²) in [5.41, 5.74) is 14.2. The van der Waals surface area contributed by atoms with E-state index in [2.05, 4.69) is 10.2 Å². The molecule has 4 N–H and O–H groups in total. The number of benzene rings is 2. The summed E-state index contributed by atoms with van der Waals surface area (Å²) < 4.78 is 0. The summed E-state index contributed by atoms with van der Waals surface area (Å²) in [4.78, 5) is 0. The lowest BCUT2D eigenvalue weighted by atomic mass is 10.0. The molecular formula is C17H16Cl2N4. The highest BCUT2D eigenvalue weighted by Gasteiger charge is 2.04. The predicted molar refractivity (Wildman–Crippen MR) is 98.9 cm³/mol. The van der Waals surface area contributed by atoms with E-state index in [0.717, 1.165) is 16.7 Å². The molecule has 0 unspecified atom stereocenters. The summed E-state index contributed by atoms with van der Waals surface area (Å²) in [5, 5.41) is 9.20. The van der Waals surface area contributed by atoms with Crippen LogP contribution in [0.3, 0.4) is 0 Å². The van der Waals surface area contributed by atoms with Gasteiger partial charge >= 0.3 is 0 Å². The molecule has 0 radical (unpaired) electrons. The van der Waals surface area contributed by atoms with Crippen molar-refractivity contribution >= 4 is 40.4 Å². The maximum absolute atomic E-state index is 5.92. The van der Waals surface area contributed by atoms with Crippen LogP contribution in [0.1, 0.15) is 18.1 Å². The molecule has 2 rings (SSSR count). The van der Waals surface area contributed by atoms with Crippen LogP contribution in [0.4, 0.5) is 0 Å². The van der Waals surface area contributed by atoms with Crippen molar-refractivity contribution in [1.29, 1.82) is 0 Å². The molecule has 4 nitrogen and oxygen atoms in total. The summed E-state index contributed by atoms with van der Waals surface area (Å²) in [5.74, 6) is -0.103. The van der Waals surface area contributed by atoms with Gasteiger partial charge in [-0.05, 0) is 48.4 Å².